The molecule has 2 fully saturated rings. The molecule has 1 atom stereocenters. The second kappa shape index (κ2) is 6.37. The van der Waals surface area contributed by atoms with Crippen molar-refractivity contribution in [3.63, 3.8) is 0 Å². The number of methoxy groups -OCH3 is 1. The second-order valence-electron chi connectivity index (χ2n) is 6.82. The van der Waals surface area contributed by atoms with Gasteiger partial charge in [-0.1, -0.05) is 12.1 Å². The zero-order valence-corrected chi connectivity index (χ0v) is 13.3. The number of nitrogens with two attached hydrogens (primary N) is 1. The van der Waals surface area contributed by atoms with E-state index in [1.807, 2.05) is 0 Å². The Hall–Kier alpha value is -1.06. The van der Waals surface area contributed by atoms with E-state index in [9.17, 15) is 0 Å². The standard InChI is InChI=1S/C18H28N2O/c1-13-9-16(7-8-18(13)21-2)17(10-19)20(11-14-3-4-14)12-15-5-6-15/h7-9,14-15,17H,3-6,10-12,19H2,1-2H3. The van der Waals surface area contributed by atoms with Gasteiger partial charge < -0.3 is 10.5 Å². The molecule has 2 aliphatic carbocycles. The molecule has 0 bridgehead atoms. The van der Waals surface area contributed by atoms with Crippen LogP contribution >= 0.6 is 0 Å². The lowest BCUT2D eigenvalue weighted by molar-refractivity contribution is 0.184. The third-order valence-electron chi connectivity index (χ3n) is 4.85. The fourth-order valence-corrected chi connectivity index (χ4v) is 3.20. The molecule has 21 heavy (non-hydrogen) atoms. The van der Waals surface area contributed by atoms with Gasteiger partial charge in [-0.2, -0.15) is 0 Å². The van der Waals surface area contributed by atoms with Crippen molar-refractivity contribution in [2.24, 2.45) is 17.6 Å². The first kappa shape index (κ1) is 14.9. The molecular formula is C18H28N2O. The first-order chi connectivity index (χ1) is 10.2. The van der Waals surface area contributed by atoms with Crippen LogP contribution in [0.5, 0.6) is 5.75 Å². The minimum Gasteiger partial charge on any atom is -0.496 e. The molecule has 0 saturated heterocycles. The third-order valence-corrected chi connectivity index (χ3v) is 4.85. The van der Waals surface area contributed by atoms with Crippen molar-refractivity contribution in [2.75, 3.05) is 26.7 Å². The van der Waals surface area contributed by atoms with E-state index in [0.717, 1.165) is 17.6 Å². The summed E-state index contributed by atoms with van der Waals surface area (Å²) in [7, 11) is 1.73. The predicted molar refractivity (Wildman–Crippen MR) is 86.5 cm³/mol. The van der Waals surface area contributed by atoms with Gasteiger partial charge in [-0.3, -0.25) is 4.90 Å². The molecule has 3 rings (SSSR count). The maximum absolute atomic E-state index is 6.15. The van der Waals surface area contributed by atoms with Gasteiger partial charge in [0.1, 0.15) is 5.75 Å². The Kier molecular flexibility index (Phi) is 4.51. The quantitative estimate of drug-likeness (QED) is 0.798. The number of hydrogen-bond acceptors (Lipinski definition) is 3. The Morgan fingerprint density at radius 3 is 2.24 bits per heavy atom. The van der Waals surface area contributed by atoms with Crippen LogP contribution < -0.4 is 10.5 Å². The Labute approximate surface area is 128 Å². The molecule has 3 nitrogen and oxygen atoms in total. The van der Waals surface area contributed by atoms with Crippen LogP contribution in [0, 0.1) is 18.8 Å². The van der Waals surface area contributed by atoms with Gasteiger partial charge in [0.25, 0.3) is 0 Å². The van der Waals surface area contributed by atoms with Crippen molar-refractivity contribution in [1.82, 2.24) is 4.90 Å². The van der Waals surface area contributed by atoms with Crippen LogP contribution in [0.15, 0.2) is 18.2 Å². The average molecular weight is 288 g/mol. The molecule has 0 spiro atoms. The topological polar surface area (TPSA) is 38.5 Å². The van der Waals surface area contributed by atoms with Gasteiger partial charge in [0.15, 0.2) is 0 Å². The minimum atomic E-state index is 0.357. The van der Waals surface area contributed by atoms with E-state index in [1.165, 1.54) is 49.9 Å². The number of hydrogen-bond donors (Lipinski definition) is 1. The highest BCUT2D eigenvalue weighted by atomic mass is 16.5. The van der Waals surface area contributed by atoms with E-state index in [1.54, 1.807) is 7.11 Å². The number of ether oxygens (including phenoxy) is 1. The van der Waals surface area contributed by atoms with Crippen LogP contribution in [0.2, 0.25) is 0 Å². The molecule has 0 heterocycles. The smallest absolute Gasteiger partial charge is 0.121 e. The van der Waals surface area contributed by atoms with Gasteiger partial charge in [0, 0.05) is 25.7 Å². The average Bonchev–Trinajstić information content (AvgIpc) is 3.36. The summed E-state index contributed by atoms with van der Waals surface area (Å²) in [6.45, 7) is 5.26. The fraction of sp³-hybridized carbons (Fsp3) is 0.667. The van der Waals surface area contributed by atoms with E-state index in [-0.39, 0.29) is 0 Å². The third kappa shape index (κ3) is 3.78. The molecule has 2 aliphatic rings. The van der Waals surface area contributed by atoms with E-state index in [0.29, 0.717) is 12.6 Å². The summed E-state index contributed by atoms with van der Waals surface area (Å²) in [6.07, 6.45) is 5.61. The first-order valence-electron chi connectivity index (χ1n) is 8.30. The van der Waals surface area contributed by atoms with Crippen LogP contribution in [-0.2, 0) is 0 Å². The summed E-state index contributed by atoms with van der Waals surface area (Å²) in [4.78, 5) is 2.65. The van der Waals surface area contributed by atoms with Crippen LogP contribution in [-0.4, -0.2) is 31.6 Å². The predicted octanol–water partition coefficient (Wildman–Crippen LogP) is 3.13. The maximum Gasteiger partial charge on any atom is 0.121 e. The fourth-order valence-electron chi connectivity index (χ4n) is 3.20. The molecule has 0 aliphatic heterocycles. The maximum atomic E-state index is 6.15. The molecule has 116 valence electrons. The van der Waals surface area contributed by atoms with Crippen molar-refractivity contribution < 1.29 is 4.74 Å². The van der Waals surface area contributed by atoms with Crippen LogP contribution in [0.4, 0.5) is 0 Å². The van der Waals surface area contributed by atoms with Crippen molar-refractivity contribution >= 4 is 0 Å². The molecule has 2 N–H and O–H groups in total. The van der Waals surface area contributed by atoms with Gasteiger partial charge in [-0.25, -0.2) is 0 Å². The van der Waals surface area contributed by atoms with Crippen LogP contribution in [0.25, 0.3) is 0 Å². The van der Waals surface area contributed by atoms with Gasteiger partial charge in [-0.05, 0) is 61.6 Å². The van der Waals surface area contributed by atoms with E-state index in [4.69, 9.17) is 10.5 Å². The lowest BCUT2D eigenvalue weighted by Crippen LogP contribution is -2.36. The number of rotatable bonds is 8. The van der Waals surface area contributed by atoms with Gasteiger partial charge in [-0.15, -0.1) is 0 Å². The Morgan fingerprint density at radius 2 is 1.81 bits per heavy atom. The van der Waals surface area contributed by atoms with Gasteiger partial charge in [0.05, 0.1) is 7.11 Å². The van der Waals surface area contributed by atoms with Crippen molar-refractivity contribution in [3.8, 4) is 5.75 Å². The lowest BCUT2D eigenvalue weighted by atomic mass is 10.0. The summed E-state index contributed by atoms with van der Waals surface area (Å²) >= 11 is 0. The highest BCUT2D eigenvalue weighted by Gasteiger charge is 2.32. The van der Waals surface area contributed by atoms with Crippen LogP contribution in [0.1, 0.15) is 42.9 Å². The van der Waals surface area contributed by atoms with Crippen LogP contribution in [0.3, 0.4) is 0 Å². The monoisotopic (exact) mass is 288 g/mol. The SMILES string of the molecule is COc1ccc(C(CN)N(CC2CC2)CC2CC2)cc1C. The minimum absolute atomic E-state index is 0.357. The Bertz CT molecular complexity index is 466. The molecule has 3 heteroatoms. The summed E-state index contributed by atoms with van der Waals surface area (Å²) in [5.41, 5.74) is 8.69. The molecule has 0 aromatic heterocycles. The van der Waals surface area contributed by atoms with Gasteiger partial charge >= 0.3 is 0 Å². The van der Waals surface area contributed by atoms with E-state index >= 15 is 0 Å². The largest absolute Gasteiger partial charge is 0.496 e. The lowest BCUT2D eigenvalue weighted by Gasteiger charge is -2.32. The zero-order chi connectivity index (χ0) is 14.8. The second-order valence-corrected chi connectivity index (χ2v) is 6.82. The van der Waals surface area contributed by atoms with Crippen molar-refractivity contribution in [3.05, 3.63) is 29.3 Å². The normalized spacial score (nSPS) is 19.8. The summed E-state index contributed by atoms with van der Waals surface area (Å²) < 4.78 is 5.38. The molecule has 0 amide bonds. The highest BCUT2D eigenvalue weighted by Crippen LogP contribution is 2.37. The molecule has 0 radical (unpaired) electrons. The summed E-state index contributed by atoms with van der Waals surface area (Å²) in [5.74, 6) is 2.79. The van der Waals surface area contributed by atoms with E-state index < -0.39 is 0 Å². The van der Waals surface area contributed by atoms with Crippen molar-refractivity contribution in [1.29, 1.82) is 0 Å². The molecule has 1 unspecified atom stereocenters. The molecule has 1 aromatic carbocycles. The Balaban J connectivity index is 1.77. The summed E-state index contributed by atoms with van der Waals surface area (Å²) in [6, 6.07) is 6.88. The summed E-state index contributed by atoms with van der Waals surface area (Å²) in [5, 5.41) is 0. The number of nitrogens with zero attached hydrogens (tertiary/aromatic N) is 1. The molecule has 1 aromatic rings. The molecular weight excluding hydrogens is 260 g/mol. The molecule has 2 saturated carbocycles. The van der Waals surface area contributed by atoms with E-state index in [2.05, 4.69) is 30.0 Å². The first-order valence-corrected chi connectivity index (χ1v) is 8.30. The highest BCUT2D eigenvalue weighted by molar-refractivity contribution is 5.37. The zero-order valence-electron chi connectivity index (χ0n) is 13.3. The number of benzene rings is 1. The van der Waals surface area contributed by atoms with Gasteiger partial charge in [0.2, 0.25) is 0 Å². The number of aryl methyl sites for hydroxylation is 1. The Morgan fingerprint density at radius 1 is 1.19 bits per heavy atom. The van der Waals surface area contributed by atoms with Crippen molar-refractivity contribution in [2.45, 2.75) is 38.6 Å².